The first-order valence-electron chi connectivity index (χ1n) is 7.68. The predicted octanol–water partition coefficient (Wildman–Crippen LogP) is 2.48. The molecule has 1 aromatic rings. The van der Waals surface area contributed by atoms with Crippen LogP contribution in [0.5, 0.6) is 0 Å². The second kappa shape index (κ2) is 9.97. The molecule has 0 saturated heterocycles. The highest BCUT2D eigenvalue weighted by Gasteiger charge is 2.01. The molecule has 0 fully saturated rings. The van der Waals surface area contributed by atoms with E-state index in [0.29, 0.717) is 19.4 Å². The second-order valence-corrected chi connectivity index (χ2v) is 5.47. The first-order valence-corrected chi connectivity index (χ1v) is 7.68. The van der Waals surface area contributed by atoms with Crippen LogP contribution in [0, 0.1) is 6.92 Å². The SMILES string of the molecule is Cc1ccc(CCCC(=O)NCCCCCC(N)=O)cc1. The van der Waals surface area contributed by atoms with Gasteiger partial charge in [0.15, 0.2) is 0 Å². The maximum Gasteiger partial charge on any atom is 0.220 e. The number of benzene rings is 1. The van der Waals surface area contributed by atoms with Gasteiger partial charge in [0.05, 0.1) is 0 Å². The number of primary amides is 1. The van der Waals surface area contributed by atoms with Crippen LogP contribution in [0.25, 0.3) is 0 Å². The molecular formula is C17H26N2O2. The molecule has 0 aliphatic heterocycles. The zero-order valence-corrected chi connectivity index (χ0v) is 12.9. The molecular weight excluding hydrogens is 264 g/mol. The average Bonchev–Trinajstić information content (AvgIpc) is 2.44. The Morgan fingerprint density at radius 1 is 1.00 bits per heavy atom. The van der Waals surface area contributed by atoms with Gasteiger partial charge >= 0.3 is 0 Å². The van der Waals surface area contributed by atoms with Crippen LogP contribution in [0.3, 0.4) is 0 Å². The standard InChI is InChI=1S/C17H26N2O2/c1-14-9-11-15(12-10-14)6-5-8-17(21)19-13-4-2-3-7-16(18)20/h9-12H,2-8,13H2,1H3,(H2,18,20)(H,19,21). The highest BCUT2D eigenvalue weighted by Crippen LogP contribution is 2.07. The topological polar surface area (TPSA) is 72.2 Å². The number of unbranched alkanes of at least 4 members (excludes halogenated alkanes) is 2. The average molecular weight is 290 g/mol. The lowest BCUT2D eigenvalue weighted by molar-refractivity contribution is -0.121. The normalized spacial score (nSPS) is 10.3. The summed E-state index contributed by atoms with van der Waals surface area (Å²) in [5.41, 5.74) is 7.59. The smallest absolute Gasteiger partial charge is 0.220 e. The van der Waals surface area contributed by atoms with E-state index in [9.17, 15) is 9.59 Å². The minimum absolute atomic E-state index is 0.108. The van der Waals surface area contributed by atoms with Gasteiger partial charge in [-0.15, -0.1) is 0 Å². The third kappa shape index (κ3) is 8.84. The van der Waals surface area contributed by atoms with E-state index < -0.39 is 0 Å². The van der Waals surface area contributed by atoms with Gasteiger partial charge < -0.3 is 11.1 Å². The van der Waals surface area contributed by atoms with Gasteiger partial charge in [-0.25, -0.2) is 0 Å². The molecule has 0 spiro atoms. The monoisotopic (exact) mass is 290 g/mol. The molecule has 0 atom stereocenters. The summed E-state index contributed by atoms with van der Waals surface area (Å²) in [6.45, 7) is 2.75. The molecule has 0 bridgehead atoms. The number of carbonyl (C=O) groups excluding carboxylic acids is 2. The van der Waals surface area contributed by atoms with Gasteiger partial charge in [-0.2, -0.15) is 0 Å². The molecule has 0 radical (unpaired) electrons. The van der Waals surface area contributed by atoms with Crippen LogP contribution in [0.2, 0.25) is 0 Å². The Labute approximate surface area is 127 Å². The number of carbonyl (C=O) groups is 2. The number of nitrogens with two attached hydrogens (primary N) is 1. The molecule has 0 unspecified atom stereocenters. The van der Waals surface area contributed by atoms with Gasteiger partial charge in [0.1, 0.15) is 0 Å². The second-order valence-electron chi connectivity index (χ2n) is 5.47. The third-order valence-corrected chi connectivity index (χ3v) is 3.41. The predicted molar refractivity (Wildman–Crippen MR) is 84.8 cm³/mol. The zero-order valence-electron chi connectivity index (χ0n) is 12.9. The summed E-state index contributed by atoms with van der Waals surface area (Å²) in [6, 6.07) is 8.43. The summed E-state index contributed by atoms with van der Waals surface area (Å²) in [7, 11) is 0. The minimum Gasteiger partial charge on any atom is -0.370 e. The fourth-order valence-electron chi connectivity index (χ4n) is 2.13. The molecule has 4 heteroatoms. The summed E-state index contributed by atoms with van der Waals surface area (Å²) in [5, 5.41) is 2.91. The highest BCUT2D eigenvalue weighted by atomic mass is 16.1. The molecule has 116 valence electrons. The quantitative estimate of drug-likeness (QED) is 0.650. The number of rotatable bonds is 10. The van der Waals surface area contributed by atoms with Crippen molar-refractivity contribution in [3.63, 3.8) is 0 Å². The van der Waals surface area contributed by atoms with Crippen molar-refractivity contribution in [3.8, 4) is 0 Å². The molecule has 1 aromatic carbocycles. The van der Waals surface area contributed by atoms with Crippen molar-refractivity contribution in [2.24, 2.45) is 5.73 Å². The molecule has 0 saturated carbocycles. The van der Waals surface area contributed by atoms with E-state index >= 15 is 0 Å². The maximum atomic E-state index is 11.6. The lowest BCUT2D eigenvalue weighted by atomic mass is 10.1. The largest absolute Gasteiger partial charge is 0.370 e. The molecule has 1 rings (SSSR count). The van der Waals surface area contributed by atoms with E-state index in [0.717, 1.165) is 32.1 Å². The Hall–Kier alpha value is -1.84. The lowest BCUT2D eigenvalue weighted by Gasteiger charge is -2.05. The Morgan fingerprint density at radius 2 is 1.71 bits per heavy atom. The molecule has 2 amide bonds. The van der Waals surface area contributed by atoms with Crippen LogP contribution < -0.4 is 11.1 Å². The first kappa shape index (κ1) is 17.2. The molecule has 3 N–H and O–H groups in total. The Bertz CT molecular complexity index is 441. The van der Waals surface area contributed by atoms with Crippen molar-refractivity contribution in [2.45, 2.75) is 51.9 Å². The molecule has 21 heavy (non-hydrogen) atoms. The summed E-state index contributed by atoms with van der Waals surface area (Å²) >= 11 is 0. The number of hydrogen-bond acceptors (Lipinski definition) is 2. The number of nitrogens with one attached hydrogen (secondary N) is 1. The van der Waals surface area contributed by atoms with Gasteiger partial charge in [0.25, 0.3) is 0 Å². The van der Waals surface area contributed by atoms with E-state index in [-0.39, 0.29) is 11.8 Å². The molecule has 0 aliphatic rings. The summed E-state index contributed by atoms with van der Waals surface area (Å²) in [5.74, 6) is -0.146. The van der Waals surface area contributed by atoms with E-state index in [1.807, 2.05) is 0 Å². The fraction of sp³-hybridized carbons (Fsp3) is 0.529. The van der Waals surface area contributed by atoms with Crippen LogP contribution in [0.15, 0.2) is 24.3 Å². The lowest BCUT2D eigenvalue weighted by Crippen LogP contribution is -2.24. The van der Waals surface area contributed by atoms with Crippen LogP contribution in [0.1, 0.15) is 49.7 Å². The van der Waals surface area contributed by atoms with Crippen molar-refractivity contribution in [2.75, 3.05) is 6.54 Å². The van der Waals surface area contributed by atoms with E-state index in [2.05, 4.69) is 36.5 Å². The molecule has 0 aliphatic carbocycles. The molecule has 0 heterocycles. The van der Waals surface area contributed by atoms with E-state index in [4.69, 9.17) is 5.73 Å². The van der Waals surface area contributed by atoms with Crippen molar-refractivity contribution in [3.05, 3.63) is 35.4 Å². The van der Waals surface area contributed by atoms with Crippen molar-refractivity contribution in [1.29, 1.82) is 0 Å². The third-order valence-electron chi connectivity index (χ3n) is 3.41. The van der Waals surface area contributed by atoms with Gasteiger partial charge in [0.2, 0.25) is 11.8 Å². The number of hydrogen-bond donors (Lipinski definition) is 2. The number of aryl methyl sites for hydroxylation is 2. The van der Waals surface area contributed by atoms with Crippen molar-refractivity contribution < 1.29 is 9.59 Å². The Kier molecular flexibility index (Phi) is 8.17. The summed E-state index contributed by atoms with van der Waals surface area (Å²) < 4.78 is 0. The van der Waals surface area contributed by atoms with E-state index in [1.54, 1.807) is 0 Å². The van der Waals surface area contributed by atoms with Crippen molar-refractivity contribution in [1.82, 2.24) is 5.32 Å². The Balaban J connectivity index is 2.01. The first-order chi connectivity index (χ1) is 10.1. The van der Waals surface area contributed by atoms with Crippen LogP contribution in [-0.4, -0.2) is 18.4 Å². The van der Waals surface area contributed by atoms with Gasteiger partial charge in [-0.3, -0.25) is 9.59 Å². The molecule has 0 aromatic heterocycles. The highest BCUT2D eigenvalue weighted by molar-refractivity contribution is 5.75. The fourth-order valence-corrected chi connectivity index (χ4v) is 2.13. The van der Waals surface area contributed by atoms with Gasteiger partial charge in [-0.1, -0.05) is 36.2 Å². The minimum atomic E-state index is -0.254. The van der Waals surface area contributed by atoms with Crippen LogP contribution >= 0.6 is 0 Å². The van der Waals surface area contributed by atoms with E-state index in [1.165, 1.54) is 11.1 Å². The summed E-state index contributed by atoms with van der Waals surface area (Å²) in [6.07, 6.45) is 5.44. The molecule has 4 nitrogen and oxygen atoms in total. The summed E-state index contributed by atoms with van der Waals surface area (Å²) in [4.78, 5) is 22.2. The van der Waals surface area contributed by atoms with Gasteiger partial charge in [-0.05, 0) is 38.2 Å². The van der Waals surface area contributed by atoms with Crippen LogP contribution in [0.4, 0.5) is 0 Å². The van der Waals surface area contributed by atoms with Gasteiger partial charge in [0, 0.05) is 19.4 Å². The van der Waals surface area contributed by atoms with Crippen LogP contribution in [-0.2, 0) is 16.0 Å². The van der Waals surface area contributed by atoms with Crippen molar-refractivity contribution >= 4 is 11.8 Å². The number of amides is 2. The Morgan fingerprint density at radius 3 is 2.38 bits per heavy atom. The maximum absolute atomic E-state index is 11.6. The zero-order chi connectivity index (χ0) is 15.5.